The lowest BCUT2D eigenvalue weighted by Crippen LogP contribution is -2.43. The van der Waals surface area contributed by atoms with Crippen LogP contribution in [0.2, 0.25) is 0 Å². The van der Waals surface area contributed by atoms with Gasteiger partial charge in [0.2, 0.25) is 0 Å². The molecule has 0 fully saturated rings. The van der Waals surface area contributed by atoms with E-state index in [1.165, 1.54) is 0 Å². The molecule has 4 nitrogen and oxygen atoms in total. The first-order chi connectivity index (χ1) is 6.65. The Labute approximate surface area is 82.1 Å². The van der Waals surface area contributed by atoms with Gasteiger partial charge in [0.15, 0.2) is 0 Å². The van der Waals surface area contributed by atoms with Gasteiger partial charge in [-0.15, -0.1) is 0 Å². The number of hydrogen-bond acceptors (Lipinski definition) is 3. The molecule has 0 spiro atoms. The summed E-state index contributed by atoms with van der Waals surface area (Å²) in [5, 5.41) is 17.7. The number of aliphatic hydroxyl groups is 1. The lowest BCUT2D eigenvalue weighted by atomic mass is 9.82. The van der Waals surface area contributed by atoms with E-state index in [9.17, 15) is 4.79 Å². The van der Waals surface area contributed by atoms with Crippen molar-refractivity contribution < 1.29 is 15.1 Å². The molecular formula is C10H13NO3. The Morgan fingerprint density at radius 1 is 1.43 bits per heavy atom. The fourth-order valence-corrected chi connectivity index (χ4v) is 1.22. The van der Waals surface area contributed by atoms with E-state index in [0.717, 1.165) is 0 Å². The maximum Gasteiger partial charge on any atom is 0.256 e. The largest absolute Gasteiger partial charge is 0.395 e. The highest BCUT2D eigenvalue weighted by molar-refractivity contribution is 5.86. The van der Waals surface area contributed by atoms with Gasteiger partial charge in [0, 0.05) is 0 Å². The lowest BCUT2D eigenvalue weighted by Gasteiger charge is -2.24. The zero-order chi connectivity index (χ0) is 10.6. The SMILES string of the molecule is CC(CO)(C(=O)NO)c1ccccc1. The molecule has 0 aromatic heterocycles. The third kappa shape index (κ3) is 1.76. The van der Waals surface area contributed by atoms with Crippen LogP contribution < -0.4 is 5.48 Å². The number of benzene rings is 1. The van der Waals surface area contributed by atoms with Gasteiger partial charge in [-0.2, -0.15) is 0 Å². The average molecular weight is 195 g/mol. The summed E-state index contributed by atoms with van der Waals surface area (Å²) in [5.74, 6) is -0.619. The Morgan fingerprint density at radius 2 is 2.00 bits per heavy atom. The minimum atomic E-state index is -1.10. The van der Waals surface area contributed by atoms with Crippen molar-refractivity contribution in [3.63, 3.8) is 0 Å². The molecule has 76 valence electrons. The Hall–Kier alpha value is -1.39. The van der Waals surface area contributed by atoms with E-state index < -0.39 is 11.3 Å². The van der Waals surface area contributed by atoms with Gasteiger partial charge in [0.1, 0.15) is 0 Å². The molecule has 0 aliphatic carbocycles. The molecule has 0 bridgehead atoms. The van der Waals surface area contributed by atoms with Crippen LogP contribution in [-0.2, 0) is 10.2 Å². The van der Waals surface area contributed by atoms with Gasteiger partial charge >= 0.3 is 0 Å². The molecule has 0 radical (unpaired) electrons. The summed E-state index contributed by atoms with van der Waals surface area (Å²) in [7, 11) is 0. The van der Waals surface area contributed by atoms with Crippen molar-refractivity contribution in [2.45, 2.75) is 12.3 Å². The number of aliphatic hydroxyl groups excluding tert-OH is 1. The van der Waals surface area contributed by atoms with Crippen LogP contribution in [0, 0.1) is 0 Å². The number of hydrogen-bond donors (Lipinski definition) is 3. The number of rotatable bonds is 3. The fraction of sp³-hybridized carbons (Fsp3) is 0.300. The van der Waals surface area contributed by atoms with Crippen LogP contribution in [0.5, 0.6) is 0 Å². The maximum atomic E-state index is 11.3. The van der Waals surface area contributed by atoms with E-state index in [1.807, 2.05) is 6.07 Å². The van der Waals surface area contributed by atoms with Gasteiger partial charge in [-0.05, 0) is 12.5 Å². The second-order valence-corrected chi connectivity index (χ2v) is 3.30. The topological polar surface area (TPSA) is 69.6 Å². The van der Waals surface area contributed by atoms with Gasteiger partial charge in [0.05, 0.1) is 12.0 Å². The summed E-state index contributed by atoms with van der Waals surface area (Å²) < 4.78 is 0. The van der Waals surface area contributed by atoms with Crippen molar-refractivity contribution in [2.24, 2.45) is 0 Å². The smallest absolute Gasteiger partial charge is 0.256 e. The number of amides is 1. The molecule has 1 aromatic carbocycles. The van der Waals surface area contributed by atoms with Crippen molar-refractivity contribution in [3.8, 4) is 0 Å². The van der Waals surface area contributed by atoms with E-state index in [-0.39, 0.29) is 6.61 Å². The lowest BCUT2D eigenvalue weighted by molar-refractivity contribution is -0.136. The highest BCUT2D eigenvalue weighted by atomic mass is 16.5. The molecule has 0 heterocycles. The first kappa shape index (κ1) is 10.7. The number of nitrogens with one attached hydrogen (secondary N) is 1. The Balaban J connectivity index is 3.08. The fourth-order valence-electron chi connectivity index (χ4n) is 1.22. The first-order valence-electron chi connectivity index (χ1n) is 4.26. The van der Waals surface area contributed by atoms with Gasteiger partial charge in [-0.3, -0.25) is 10.0 Å². The van der Waals surface area contributed by atoms with Crippen LogP contribution in [0.15, 0.2) is 30.3 Å². The molecule has 1 amide bonds. The van der Waals surface area contributed by atoms with Crippen molar-refractivity contribution in [3.05, 3.63) is 35.9 Å². The standard InChI is InChI=1S/C10H13NO3/c1-10(7-12,9(13)11-14)8-5-3-2-4-6-8/h2-6,12,14H,7H2,1H3,(H,11,13). The van der Waals surface area contributed by atoms with Crippen LogP contribution in [-0.4, -0.2) is 22.8 Å². The Morgan fingerprint density at radius 3 is 2.43 bits per heavy atom. The monoisotopic (exact) mass is 195 g/mol. The van der Waals surface area contributed by atoms with Crippen molar-refractivity contribution >= 4 is 5.91 Å². The van der Waals surface area contributed by atoms with Gasteiger partial charge < -0.3 is 5.11 Å². The Kier molecular flexibility index (Phi) is 3.22. The minimum absolute atomic E-state index is 0.358. The first-order valence-corrected chi connectivity index (χ1v) is 4.26. The third-order valence-corrected chi connectivity index (χ3v) is 2.33. The summed E-state index contributed by atoms with van der Waals surface area (Å²) >= 11 is 0. The summed E-state index contributed by atoms with van der Waals surface area (Å²) in [6.45, 7) is 1.21. The van der Waals surface area contributed by atoms with Gasteiger partial charge in [-0.25, -0.2) is 5.48 Å². The van der Waals surface area contributed by atoms with E-state index in [4.69, 9.17) is 10.3 Å². The second kappa shape index (κ2) is 4.21. The molecule has 1 aromatic rings. The summed E-state index contributed by atoms with van der Waals surface area (Å²) in [5.41, 5.74) is 1.12. The Bertz CT molecular complexity index is 312. The van der Waals surface area contributed by atoms with E-state index in [2.05, 4.69) is 0 Å². The summed E-state index contributed by atoms with van der Waals surface area (Å²) in [4.78, 5) is 11.3. The highest BCUT2D eigenvalue weighted by Gasteiger charge is 2.34. The number of carbonyl (C=O) groups is 1. The summed E-state index contributed by atoms with van der Waals surface area (Å²) in [6.07, 6.45) is 0. The van der Waals surface area contributed by atoms with Gasteiger partial charge in [0.25, 0.3) is 5.91 Å². The van der Waals surface area contributed by atoms with Crippen molar-refractivity contribution in [1.29, 1.82) is 0 Å². The molecule has 1 atom stereocenters. The van der Waals surface area contributed by atoms with Crippen LogP contribution in [0.4, 0.5) is 0 Å². The molecular weight excluding hydrogens is 182 g/mol. The van der Waals surface area contributed by atoms with Crippen molar-refractivity contribution in [2.75, 3.05) is 6.61 Å². The summed E-state index contributed by atoms with van der Waals surface area (Å²) in [6, 6.07) is 8.82. The van der Waals surface area contributed by atoms with E-state index in [0.29, 0.717) is 5.56 Å². The molecule has 0 aliphatic heterocycles. The zero-order valence-corrected chi connectivity index (χ0v) is 7.90. The predicted octanol–water partition coefficient (Wildman–Crippen LogP) is 0.442. The average Bonchev–Trinajstić information content (AvgIpc) is 2.28. The zero-order valence-electron chi connectivity index (χ0n) is 7.90. The molecule has 1 unspecified atom stereocenters. The van der Waals surface area contributed by atoms with E-state index >= 15 is 0 Å². The van der Waals surface area contributed by atoms with Crippen LogP contribution in [0.3, 0.4) is 0 Å². The molecule has 0 aliphatic rings. The van der Waals surface area contributed by atoms with E-state index in [1.54, 1.807) is 36.7 Å². The maximum absolute atomic E-state index is 11.3. The number of hydroxylamine groups is 1. The van der Waals surface area contributed by atoms with Crippen LogP contribution >= 0.6 is 0 Å². The number of carbonyl (C=O) groups excluding carboxylic acids is 1. The molecule has 0 saturated heterocycles. The normalized spacial score (nSPS) is 14.5. The predicted molar refractivity (Wildman–Crippen MR) is 50.8 cm³/mol. The third-order valence-electron chi connectivity index (χ3n) is 2.33. The highest BCUT2D eigenvalue weighted by Crippen LogP contribution is 2.22. The van der Waals surface area contributed by atoms with Crippen LogP contribution in [0.1, 0.15) is 12.5 Å². The molecule has 0 saturated carbocycles. The minimum Gasteiger partial charge on any atom is -0.395 e. The van der Waals surface area contributed by atoms with Crippen molar-refractivity contribution in [1.82, 2.24) is 5.48 Å². The quantitative estimate of drug-likeness (QED) is 0.484. The molecule has 3 N–H and O–H groups in total. The van der Waals surface area contributed by atoms with Crippen LogP contribution in [0.25, 0.3) is 0 Å². The second-order valence-electron chi connectivity index (χ2n) is 3.30. The molecule has 14 heavy (non-hydrogen) atoms. The van der Waals surface area contributed by atoms with Gasteiger partial charge in [-0.1, -0.05) is 30.3 Å². The molecule has 4 heteroatoms. The molecule has 1 rings (SSSR count).